The molecular weight excluding hydrogens is 631 g/mol. The highest BCUT2D eigenvalue weighted by Crippen LogP contribution is 2.41. The van der Waals surface area contributed by atoms with Gasteiger partial charge in [-0.25, -0.2) is 0 Å². The van der Waals surface area contributed by atoms with E-state index >= 15 is 0 Å². The van der Waals surface area contributed by atoms with Crippen LogP contribution < -0.4 is 19.4 Å². The van der Waals surface area contributed by atoms with Gasteiger partial charge in [0.2, 0.25) is 0 Å². The summed E-state index contributed by atoms with van der Waals surface area (Å²) in [5.41, 5.74) is 8.47. The number of halogens is 3. The van der Waals surface area contributed by atoms with Gasteiger partial charge in [0.1, 0.15) is 5.75 Å². The first kappa shape index (κ1) is 32.1. The smallest absolute Gasteiger partial charge is 0.406 e. The van der Waals surface area contributed by atoms with Gasteiger partial charge in [-0.05, 0) is 121 Å². The molecule has 7 aromatic carbocycles. The predicted octanol–water partition coefficient (Wildman–Crippen LogP) is 13.0. The van der Waals surface area contributed by atoms with Gasteiger partial charge in [-0.1, -0.05) is 72.8 Å². The Morgan fingerprint density at radius 1 is 0.280 bits per heavy atom. The average molecular weight is 664 g/mol. The van der Waals surface area contributed by atoms with Crippen LogP contribution >= 0.6 is 0 Å². The van der Waals surface area contributed by atoms with Crippen LogP contribution in [0.4, 0.5) is 64.4 Å². The zero-order valence-electron chi connectivity index (χ0n) is 26.9. The Morgan fingerprint density at radius 3 is 0.700 bits per heavy atom. The van der Waals surface area contributed by atoms with E-state index in [4.69, 9.17) is 0 Å². The summed E-state index contributed by atoms with van der Waals surface area (Å²) in [7, 11) is 0. The highest BCUT2D eigenvalue weighted by Gasteiger charge is 2.31. The Bertz CT molecular complexity index is 2050. The second-order valence-electron chi connectivity index (χ2n) is 11.4. The quantitative estimate of drug-likeness (QED) is 0.145. The van der Waals surface area contributed by atoms with E-state index < -0.39 is 6.36 Å². The molecule has 0 fully saturated rings. The first-order valence-corrected chi connectivity index (χ1v) is 16.1. The molecule has 50 heavy (non-hydrogen) atoms. The van der Waals surface area contributed by atoms with Crippen molar-refractivity contribution in [3.05, 3.63) is 194 Å². The molecule has 0 saturated carbocycles. The lowest BCUT2D eigenvalue weighted by Crippen LogP contribution is -2.17. The molecule has 0 N–H and O–H groups in total. The highest BCUT2D eigenvalue weighted by molar-refractivity contribution is 5.83. The molecule has 4 nitrogen and oxygen atoms in total. The van der Waals surface area contributed by atoms with Crippen molar-refractivity contribution in [3.8, 4) is 5.75 Å². The topological polar surface area (TPSA) is 19.0 Å². The van der Waals surface area contributed by atoms with E-state index in [0.29, 0.717) is 5.69 Å². The summed E-state index contributed by atoms with van der Waals surface area (Å²) in [6.07, 6.45) is -4.76. The lowest BCUT2D eigenvalue weighted by molar-refractivity contribution is -0.274. The van der Waals surface area contributed by atoms with Crippen molar-refractivity contribution in [2.75, 3.05) is 14.7 Å². The van der Waals surface area contributed by atoms with Gasteiger partial charge in [-0.15, -0.1) is 13.2 Å². The molecule has 0 radical (unpaired) electrons. The molecule has 7 aromatic rings. The number of nitrogens with zero attached hydrogens (tertiary/aromatic N) is 3. The van der Waals surface area contributed by atoms with Crippen molar-refractivity contribution < 1.29 is 17.9 Å². The minimum absolute atomic E-state index is 0.273. The molecule has 0 spiro atoms. The lowest BCUT2D eigenvalue weighted by atomic mass is 10.1. The average Bonchev–Trinajstić information content (AvgIpc) is 3.15. The largest absolute Gasteiger partial charge is 0.573 e. The molecule has 0 bridgehead atoms. The minimum atomic E-state index is -4.76. The fourth-order valence-electron chi connectivity index (χ4n) is 5.95. The van der Waals surface area contributed by atoms with Gasteiger partial charge in [0.05, 0.1) is 0 Å². The Balaban J connectivity index is 1.24. The Labute approximate surface area is 289 Å². The highest BCUT2D eigenvalue weighted by atomic mass is 19.4. The molecule has 0 aliphatic rings. The number of rotatable bonds is 10. The number of ether oxygens (including phenoxy) is 1. The summed E-state index contributed by atoms with van der Waals surface area (Å²) in [5.74, 6) is -0.273. The first-order valence-electron chi connectivity index (χ1n) is 16.1. The molecule has 0 amide bonds. The molecule has 0 saturated heterocycles. The van der Waals surface area contributed by atoms with E-state index in [9.17, 15) is 13.2 Å². The van der Waals surface area contributed by atoms with Gasteiger partial charge in [-0.3, -0.25) is 0 Å². The summed E-state index contributed by atoms with van der Waals surface area (Å²) in [5, 5.41) is 0. The second-order valence-corrected chi connectivity index (χ2v) is 11.4. The summed E-state index contributed by atoms with van der Waals surface area (Å²) in [4.78, 5) is 6.41. The third kappa shape index (κ3) is 7.32. The molecule has 0 heterocycles. The van der Waals surface area contributed by atoms with Gasteiger partial charge in [0, 0.05) is 51.2 Å². The van der Waals surface area contributed by atoms with Gasteiger partial charge in [0.25, 0.3) is 0 Å². The molecule has 0 unspecified atom stereocenters. The Kier molecular flexibility index (Phi) is 9.20. The fraction of sp³-hybridized carbons (Fsp3) is 0.0233. The zero-order valence-corrected chi connectivity index (χ0v) is 26.9. The third-order valence-corrected chi connectivity index (χ3v) is 8.12. The number of para-hydroxylation sites is 4. The summed E-state index contributed by atoms with van der Waals surface area (Å²) >= 11 is 0. The van der Waals surface area contributed by atoms with Crippen LogP contribution in [0, 0.1) is 0 Å². The van der Waals surface area contributed by atoms with Crippen molar-refractivity contribution in [1.29, 1.82) is 0 Å². The van der Waals surface area contributed by atoms with Crippen LogP contribution in [-0.4, -0.2) is 6.36 Å². The van der Waals surface area contributed by atoms with Gasteiger partial charge >= 0.3 is 6.36 Å². The summed E-state index contributed by atoms with van der Waals surface area (Å²) in [6, 6.07) is 63.0. The van der Waals surface area contributed by atoms with Gasteiger partial charge < -0.3 is 19.4 Å². The van der Waals surface area contributed by atoms with Crippen LogP contribution in [0.25, 0.3) is 0 Å². The Morgan fingerprint density at radius 2 is 0.480 bits per heavy atom. The van der Waals surface area contributed by atoms with E-state index in [1.54, 1.807) is 12.1 Å². The summed E-state index contributed by atoms with van der Waals surface area (Å²) < 4.78 is 42.6. The van der Waals surface area contributed by atoms with Crippen LogP contribution in [0.5, 0.6) is 5.75 Å². The van der Waals surface area contributed by atoms with E-state index in [-0.39, 0.29) is 5.75 Å². The first-order chi connectivity index (χ1) is 24.4. The maximum absolute atomic E-state index is 12.8. The van der Waals surface area contributed by atoms with Crippen molar-refractivity contribution in [2.24, 2.45) is 0 Å². The van der Waals surface area contributed by atoms with E-state index in [0.717, 1.165) is 45.5 Å². The normalized spacial score (nSPS) is 11.1. The second kappa shape index (κ2) is 14.3. The standard InChI is InChI=1S/C43H32F3N3O/c44-43(45,46)50-42-31-29-41(30-32-42)49(36-19-11-4-12-20-36)40-27-25-39(26-28-40)48(35-17-9-3-10-18-35)38-23-21-37(22-24-38)47(33-13-5-1-6-14-33)34-15-7-2-8-16-34/h1-32H. The van der Waals surface area contributed by atoms with Crippen LogP contribution in [0.2, 0.25) is 0 Å². The fourth-order valence-corrected chi connectivity index (χ4v) is 5.95. The van der Waals surface area contributed by atoms with Crippen molar-refractivity contribution >= 4 is 51.2 Å². The Hall–Kier alpha value is -6.47. The van der Waals surface area contributed by atoms with Gasteiger partial charge in [-0.2, -0.15) is 0 Å². The number of benzene rings is 7. The van der Waals surface area contributed by atoms with Crippen LogP contribution in [0.15, 0.2) is 194 Å². The van der Waals surface area contributed by atoms with E-state index in [2.05, 4.69) is 75.2 Å². The monoisotopic (exact) mass is 663 g/mol. The molecule has 0 aromatic heterocycles. The molecule has 0 aliphatic heterocycles. The number of alkyl halides is 3. The van der Waals surface area contributed by atoms with Crippen LogP contribution in [0.1, 0.15) is 0 Å². The molecule has 7 rings (SSSR count). The van der Waals surface area contributed by atoms with Crippen molar-refractivity contribution in [2.45, 2.75) is 6.36 Å². The van der Waals surface area contributed by atoms with Gasteiger partial charge in [0.15, 0.2) is 0 Å². The summed E-state index contributed by atoms with van der Waals surface area (Å²) in [6.45, 7) is 0. The molecule has 7 heteroatoms. The number of hydrogen-bond acceptors (Lipinski definition) is 4. The molecule has 246 valence electrons. The van der Waals surface area contributed by atoms with Crippen LogP contribution in [0.3, 0.4) is 0 Å². The van der Waals surface area contributed by atoms with E-state index in [1.807, 2.05) is 114 Å². The van der Waals surface area contributed by atoms with E-state index in [1.165, 1.54) is 12.1 Å². The SMILES string of the molecule is FC(F)(F)Oc1ccc(N(c2ccccc2)c2ccc(N(c3ccccc3)c3ccc(N(c4ccccc4)c4ccccc4)cc3)cc2)cc1. The predicted molar refractivity (Wildman–Crippen MR) is 197 cm³/mol. The van der Waals surface area contributed by atoms with Crippen molar-refractivity contribution in [1.82, 2.24) is 0 Å². The van der Waals surface area contributed by atoms with Crippen molar-refractivity contribution in [3.63, 3.8) is 0 Å². The van der Waals surface area contributed by atoms with Crippen LogP contribution in [-0.2, 0) is 0 Å². The number of anilines is 9. The maximum atomic E-state index is 12.8. The molecule has 0 atom stereocenters. The minimum Gasteiger partial charge on any atom is -0.406 e. The molecular formula is C43H32F3N3O. The maximum Gasteiger partial charge on any atom is 0.573 e. The lowest BCUT2D eigenvalue weighted by Gasteiger charge is -2.29. The molecule has 0 aliphatic carbocycles. The third-order valence-electron chi connectivity index (χ3n) is 8.12. The zero-order chi connectivity index (χ0) is 34.3. The number of hydrogen-bond donors (Lipinski definition) is 0.